The standard InChI is InChI=1S/C77H119FN28O14/c1-42(94-43(2)107)61(109)96-53(23-10-32-90-74(83)84)66(114)101-57(39-46-40-93-49-18-4-3-17-48(46)49)68(116)100-51-19-5-6-20-56(103-72(120)77(28-14-29-77)104-69(117)59-26-13-35-106(59)71(119)58(102-67(51)115)38-44-15-7-16-47(78)37-44)70(118)105-36-27-45(41-105)62(110)97-52(21-8-30-79)64(112)99-55(25-12-34-92-76(87)88)65(113)98-54(24-11-33-91-75(85)86)63(111)95-50(60(80)108)22-9-31-89-73(81)82/h3-4,7,15-18,37,40,42,45,50-59,93H,5-6,8-14,19-36,38-39,41,79H2,1-2H3,(H2,80,108)(H,94,107)(H,95,111)(H,96,109)(H,97,110)(H,98,113)(H,99,112)(H,100,116)(H,101,114)(H,102,115)(H,103,120)(H,104,117)(H4,81,82,89)(H4,83,84,90)(H4,85,86,91)(H4,87,88,92)/t42-,45+,50-,51-,52-,53-,54-,55-,56?,57-,58-,59-/m0/s1. The minimum atomic E-state index is -1.57. The number of fused-ring (bicyclic) bond motifs is 2. The highest BCUT2D eigenvalue weighted by atomic mass is 19.1. The van der Waals surface area contributed by atoms with E-state index in [0.29, 0.717) is 29.3 Å². The molecule has 0 radical (unpaired) electrons. The van der Waals surface area contributed by atoms with E-state index < -0.39 is 166 Å². The van der Waals surface area contributed by atoms with Gasteiger partial charge in [0, 0.05) is 82.7 Å². The number of likely N-dealkylation sites (tertiary alicyclic amines) is 1. The number of nitrogens with one attached hydrogen (secondary N) is 20. The molecule has 1 aromatic heterocycles. The van der Waals surface area contributed by atoms with Crippen LogP contribution in [0.15, 0.2) is 54.7 Å². The maximum Gasteiger partial charge on any atom is 0.246 e. The van der Waals surface area contributed by atoms with Crippen molar-refractivity contribution in [2.24, 2.45) is 40.3 Å². The number of H-pyrrole nitrogens is 1. The van der Waals surface area contributed by atoms with Crippen LogP contribution in [0, 0.1) is 33.4 Å². The van der Waals surface area contributed by atoms with Crippen LogP contribution in [0.3, 0.4) is 0 Å². The minimum Gasteiger partial charge on any atom is -0.370 e. The Labute approximate surface area is 693 Å². The maximum atomic E-state index is 15.4. The number of aromatic amines is 1. The monoisotopic (exact) mass is 1680 g/mol. The molecule has 1 spiro atoms. The Hall–Kier alpha value is -12.5. The molecule has 3 saturated heterocycles. The Balaban J connectivity index is 1.16. The van der Waals surface area contributed by atoms with Crippen molar-refractivity contribution in [1.82, 2.24) is 94.5 Å². The SMILES string of the molecule is CC(=O)N[C@@H](C)C(=O)N[C@@H](CCCNC(=N)N)C(=O)N[C@@H](Cc1c[nH]c2ccccc12)C(=O)N[C@H]1CCCCC(C(=O)N2CC[C@@H](C(=O)N[C@@H](CCCN)C(=O)N[C@@H](CCCNC(=N)N)C(=O)N[C@@H](CCCNC(=N)N)C(=O)N[C@@H](CCCNC(=N)N)C(N)=O)C2)NC(=O)C2(CCC2)NC(=O)[C@@H]2CCCN2C(=O)[C@H](Cc2cccc(F)c2)NC1=O. The van der Waals surface area contributed by atoms with Crippen molar-refractivity contribution in [2.45, 2.75) is 227 Å². The quantitative estimate of drug-likeness (QED) is 0.0144. The lowest BCUT2D eigenvalue weighted by molar-refractivity contribution is -0.145. The largest absolute Gasteiger partial charge is 0.370 e. The predicted molar refractivity (Wildman–Crippen MR) is 439 cm³/mol. The van der Waals surface area contributed by atoms with Gasteiger partial charge in [-0.15, -0.1) is 0 Å². The molecular weight excluding hydrogens is 1560 g/mol. The Bertz CT molecular complexity index is 4180. The molecule has 43 heteroatoms. The van der Waals surface area contributed by atoms with E-state index in [-0.39, 0.29) is 210 Å². The normalized spacial score (nSPS) is 19.8. The van der Waals surface area contributed by atoms with Crippen LogP contribution < -0.4 is 114 Å². The van der Waals surface area contributed by atoms with E-state index in [0.717, 1.165) is 0 Å². The Morgan fingerprint density at radius 1 is 0.575 bits per heavy atom. The van der Waals surface area contributed by atoms with Crippen LogP contribution in [0.2, 0.25) is 0 Å². The van der Waals surface area contributed by atoms with Gasteiger partial charge in [-0.1, -0.05) is 43.2 Å². The zero-order valence-corrected chi connectivity index (χ0v) is 67.8. The molecule has 1 unspecified atom stereocenters. The molecule has 0 bridgehead atoms. The van der Waals surface area contributed by atoms with Crippen molar-refractivity contribution in [3.63, 3.8) is 0 Å². The Morgan fingerprint density at radius 3 is 1.65 bits per heavy atom. The van der Waals surface area contributed by atoms with Crippen molar-refractivity contribution in [2.75, 3.05) is 52.4 Å². The molecule has 3 aromatic rings. The first kappa shape index (κ1) is 94.7. The lowest BCUT2D eigenvalue weighted by atomic mass is 9.75. The number of benzene rings is 2. The lowest BCUT2D eigenvalue weighted by Crippen LogP contribution is -2.67. The van der Waals surface area contributed by atoms with Crippen molar-refractivity contribution >= 4 is 117 Å². The fourth-order valence-corrected chi connectivity index (χ4v) is 14.9. The smallest absolute Gasteiger partial charge is 0.246 e. The molecule has 14 amide bonds. The topological polar surface area (TPSA) is 693 Å². The summed E-state index contributed by atoms with van der Waals surface area (Å²) in [5.74, 6) is -13.9. The Morgan fingerprint density at radius 2 is 1.11 bits per heavy atom. The van der Waals surface area contributed by atoms with Crippen LogP contribution in [-0.4, -0.2) is 246 Å². The summed E-state index contributed by atoms with van der Waals surface area (Å²) in [4.78, 5) is 207. The van der Waals surface area contributed by atoms with Crippen LogP contribution >= 0.6 is 0 Å². The number of primary amides is 1. The number of para-hydroxylation sites is 1. The first-order valence-corrected chi connectivity index (χ1v) is 40.7. The van der Waals surface area contributed by atoms with Gasteiger partial charge in [-0.25, -0.2) is 4.39 Å². The van der Waals surface area contributed by atoms with Gasteiger partial charge in [0.25, 0.3) is 0 Å². The van der Waals surface area contributed by atoms with E-state index in [9.17, 15) is 43.2 Å². The molecular formula is C77H119FN28O14. The van der Waals surface area contributed by atoms with Gasteiger partial charge in [0.15, 0.2) is 23.8 Å². The van der Waals surface area contributed by atoms with Gasteiger partial charge in [-0.05, 0) is 158 Å². The summed E-state index contributed by atoms with van der Waals surface area (Å²) in [5, 5.41) is 71.6. The molecule has 3 aliphatic heterocycles. The number of amides is 14. The fraction of sp³-hybridized carbons (Fsp3) is 0.584. The summed E-state index contributed by atoms with van der Waals surface area (Å²) < 4.78 is 15.0. The molecule has 4 fully saturated rings. The van der Waals surface area contributed by atoms with Gasteiger partial charge in [-0.2, -0.15) is 0 Å². The maximum absolute atomic E-state index is 15.4. The van der Waals surface area contributed by atoms with Crippen LogP contribution in [-0.2, 0) is 80.0 Å². The molecule has 4 aliphatic rings. The zero-order chi connectivity index (χ0) is 87.8. The van der Waals surface area contributed by atoms with Crippen molar-refractivity contribution in [3.8, 4) is 0 Å². The summed E-state index contributed by atoms with van der Waals surface area (Å²) in [6.07, 6.45) is 2.65. The lowest BCUT2D eigenvalue weighted by Gasteiger charge is -2.43. The van der Waals surface area contributed by atoms with Crippen LogP contribution in [0.4, 0.5) is 4.39 Å². The van der Waals surface area contributed by atoms with E-state index in [1.165, 1.54) is 41.8 Å². The first-order chi connectivity index (χ1) is 57.1. The molecule has 658 valence electrons. The highest BCUT2D eigenvalue weighted by Crippen LogP contribution is 2.34. The third-order valence-corrected chi connectivity index (χ3v) is 21.5. The number of aromatic nitrogens is 1. The summed E-state index contributed by atoms with van der Waals surface area (Å²) in [7, 11) is 0. The van der Waals surface area contributed by atoms with E-state index >= 15 is 28.4 Å². The number of hydrogen-bond acceptors (Lipinski definition) is 19. The summed E-state index contributed by atoms with van der Waals surface area (Å²) in [6, 6.07) is -2.50. The predicted octanol–water partition coefficient (Wildman–Crippen LogP) is -5.29. The second-order valence-corrected chi connectivity index (χ2v) is 30.8. The summed E-state index contributed by atoms with van der Waals surface area (Å²) in [6.45, 7) is 2.83. The van der Waals surface area contributed by atoms with Crippen molar-refractivity contribution < 1.29 is 71.5 Å². The number of rotatable bonds is 40. The average Bonchev–Trinajstić information content (AvgIpc) is 1.16. The van der Waals surface area contributed by atoms with Gasteiger partial charge >= 0.3 is 0 Å². The molecule has 2 aromatic carbocycles. The molecule has 120 heavy (non-hydrogen) atoms. The highest BCUT2D eigenvalue weighted by Gasteiger charge is 2.50. The van der Waals surface area contributed by atoms with Crippen molar-refractivity contribution in [1.29, 1.82) is 21.6 Å². The number of nitrogens with two attached hydrogens (primary N) is 6. The van der Waals surface area contributed by atoms with Gasteiger partial charge in [0.05, 0.1) is 5.92 Å². The number of carbonyl (C=O) groups excluding carboxylic acids is 14. The van der Waals surface area contributed by atoms with E-state index in [1.54, 1.807) is 36.5 Å². The van der Waals surface area contributed by atoms with Gasteiger partial charge in [0.1, 0.15) is 77.8 Å². The molecule has 7 rings (SSSR count). The fourth-order valence-electron chi connectivity index (χ4n) is 14.9. The molecule has 12 atom stereocenters. The van der Waals surface area contributed by atoms with E-state index in [1.807, 2.05) is 0 Å². The van der Waals surface area contributed by atoms with E-state index in [2.05, 4.69) is 84.7 Å². The second kappa shape index (κ2) is 46.6. The number of hydrogen-bond donors (Lipinski definition) is 26. The van der Waals surface area contributed by atoms with Gasteiger partial charge in [0.2, 0.25) is 82.7 Å². The molecule has 42 nitrogen and oxygen atoms in total. The number of carbonyl (C=O) groups is 14. The third kappa shape index (κ3) is 29.3. The molecule has 1 saturated carbocycles. The molecule has 4 heterocycles. The average molecular weight is 1680 g/mol. The number of halogens is 1. The van der Waals surface area contributed by atoms with Crippen LogP contribution in [0.5, 0.6) is 0 Å². The number of guanidine groups is 4. The van der Waals surface area contributed by atoms with Crippen LogP contribution in [0.1, 0.15) is 153 Å². The van der Waals surface area contributed by atoms with Crippen LogP contribution in [0.25, 0.3) is 10.9 Å². The van der Waals surface area contributed by atoms with Crippen molar-refractivity contribution in [3.05, 3.63) is 71.7 Å². The molecule has 32 N–H and O–H groups in total. The summed E-state index contributed by atoms with van der Waals surface area (Å²) >= 11 is 0. The minimum absolute atomic E-state index is 0.0102. The van der Waals surface area contributed by atoms with Gasteiger partial charge in [-0.3, -0.25) is 88.8 Å². The highest BCUT2D eigenvalue weighted by molar-refractivity contribution is 6.01. The Kier molecular flexibility index (Phi) is 36.8. The molecule has 1 aliphatic carbocycles. The zero-order valence-electron chi connectivity index (χ0n) is 67.8. The number of nitrogens with zero attached hydrogens (tertiary/aromatic N) is 2. The second-order valence-electron chi connectivity index (χ2n) is 30.8. The first-order valence-electron chi connectivity index (χ1n) is 40.7. The van der Waals surface area contributed by atoms with Gasteiger partial charge < -0.3 is 129 Å². The summed E-state index contributed by atoms with van der Waals surface area (Å²) in [5.41, 5.74) is 33.5. The van der Waals surface area contributed by atoms with E-state index in [4.69, 9.17) is 56.0 Å². The third-order valence-electron chi connectivity index (χ3n) is 21.5.